The molecule has 6 nitrogen and oxygen atoms in total. The Morgan fingerprint density at radius 3 is 2.11 bits per heavy atom. The van der Waals surface area contributed by atoms with Gasteiger partial charge in [-0.2, -0.15) is 0 Å². The highest BCUT2D eigenvalue weighted by molar-refractivity contribution is 5.88. The van der Waals surface area contributed by atoms with Gasteiger partial charge in [0.05, 0.1) is 18.6 Å². The first kappa shape index (κ1) is 16.6. The SMILES string of the molecule is CC(C)[C@H](N)C(=O)NCC(=O)N[C@H]([C]=O)C(C)C. The third-order valence-electron chi connectivity index (χ3n) is 2.55. The first-order valence-corrected chi connectivity index (χ1v) is 5.99. The molecule has 0 aromatic rings. The number of hydrogen-bond donors (Lipinski definition) is 3. The van der Waals surface area contributed by atoms with Gasteiger partial charge in [-0.1, -0.05) is 27.7 Å². The molecule has 0 aromatic heterocycles. The molecule has 0 fully saturated rings. The van der Waals surface area contributed by atoms with Crippen molar-refractivity contribution < 1.29 is 14.4 Å². The highest BCUT2D eigenvalue weighted by Crippen LogP contribution is 1.98. The van der Waals surface area contributed by atoms with Gasteiger partial charge in [0, 0.05) is 0 Å². The fourth-order valence-electron chi connectivity index (χ4n) is 1.14. The van der Waals surface area contributed by atoms with Crippen molar-refractivity contribution in [2.24, 2.45) is 17.6 Å². The molecule has 2 atom stereocenters. The molecule has 1 radical (unpaired) electrons. The van der Waals surface area contributed by atoms with Crippen LogP contribution in [-0.2, 0) is 14.4 Å². The van der Waals surface area contributed by atoms with E-state index in [9.17, 15) is 14.4 Å². The lowest BCUT2D eigenvalue weighted by molar-refractivity contribution is -0.127. The van der Waals surface area contributed by atoms with E-state index in [1.54, 1.807) is 20.1 Å². The van der Waals surface area contributed by atoms with Crippen LogP contribution in [0, 0.1) is 11.8 Å². The summed E-state index contributed by atoms with van der Waals surface area (Å²) < 4.78 is 0. The zero-order valence-corrected chi connectivity index (χ0v) is 11.3. The lowest BCUT2D eigenvalue weighted by atomic mass is 10.1. The molecule has 0 aliphatic rings. The van der Waals surface area contributed by atoms with Crippen LogP contribution in [0.5, 0.6) is 0 Å². The topological polar surface area (TPSA) is 101 Å². The van der Waals surface area contributed by atoms with Crippen molar-refractivity contribution in [3.8, 4) is 0 Å². The molecule has 0 aliphatic carbocycles. The van der Waals surface area contributed by atoms with Crippen molar-refractivity contribution in [2.75, 3.05) is 6.54 Å². The Balaban J connectivity index is 4.11. The molecule has 0 spiro atoms. The lowest BCUT2D eigenvalue weighted by Gasteiger charge is -2.17. The summed E-state index contributed by atoms with van der Waals surface area (Å²) in [5.41, 5.74) is 5.62. The molecule has 2 amide bonds. The van der Waals surface area contributed by atoms with Crippen LogP contribution in [0.3, 0.4) is 0 Å². The van der Waals surface area contributed by atoms with Crippen molar-refractivity contribution in [3.63, 3.8) is 0 Å². The van der Waals surface area contributed by atoms with E-state index in [0.717, 1.165) is 0 Å². The fourth-order valence-corrected chi connectivity index (χ4v) is 1.14. The van der Waals surface area contributed by atoms with Gasteiger partial charge in [0.2, 0.25) is 18.1 Å². The summed E-state index contributed by atoms with van der Waals surface area (Å²) in [5, 5.41) is 4.90. The third kappa shape index (κ3) is 5.77. The number of carbonyl (C=O) groups excluding carboxylic acids is 3. The molecule has 0 rings (SSSR count). The van der Waals surface area contributed by atoms with Crippen molar-refractivity contribution >= 4 is 18.1 Å². The van der Waals surface area contributed by atoms with Crippen LogP contribution in [0.15, 0.2) is 0 Å². The van der Waals surface area contributed by atoms with E-state index in [2.05, 4.69) is 10.6 Å². The summed E-state index contributed by atoms with van der Waals surface area (Å²) in [7, 11) is 0. The van der Waals surface area contributed by atoms with E-state index < -0.39 is 18.0 Å². The predicted octanol–water partition coefficient (Wildman–Crippen LogP) is -0.664. The van der Waals surface area contributed by atoms with Crippen LogP contribution < -0.4 is 16.4 Å². The average Bonchev–Trinajstić information content (AvgIpc) is 2.31. The summed E-state index contributed by atoms with van der Waals surface area (Å²) in [4.78, 5) is 33.5. The van der Waals surface area contributed by atoms with Gasteiger partial charge in [-0.3, -0.25) is 14.4 Å². The zero-order valence-electron chi connectivity index (χ0n) is 11.3. The van der Waals surface area contributed by atoms with E-state index in [1.807, 2.05) is 13.8 Å². The van der Waals surface area contributed by atoms with Gasteiger partial charge >= 0.3 is 0 Å². The summed E-state index contributed by atoms with van der Waals surface area (Å²) in [6.07, 6.45) is 1.74. The Morgan fingerprint density at radius 1 is 1.17 bits per heavy atom. The number of nitrogens with one attached hydrogen (secondary N) is 2. The van der Waals surface area contributed by atoms with Gasteiger partial charge in [-0.25, -0.2) is 0 Å². The fraction of sp³-hybridized carbons (Fsp3) is 0.750. The van der Waals surface area contributed by atoms with E-state index in [1.165, 1.54) is 0 Å². The maximum Gasteiger partial charge on any atom is 0.240 e. The molecule has 0 saturated carbocycles. The zero-order chi connectivity index (χ0) is 14.3. The van der Waals surface area contributed by atoms with Crippen LogP contribution in [0.4, 0.5) is 0 Å². The average molecular weight is 256 g/mol. The van der Waals surface area contributed by atoms with Crippen molar-refractivity contribution in [1.82, 2.24) is 10.6 Å². The van der Waals surface area contributed by atoms with Gasteiger partial charge in [-0.15, -0.1) is 0 Å². The van der Waals surface area contributed by atoms with Gasteiger partial charge in [0.1, 0.15) is 0 Å². The van der Waals surface area contributed by atoms with Gasteiger partial charge in [0.25, 0.3) is 0 Å². The number of nitrogens with two attached hydrogens (primary N) is 1. The molecular formula is C12H22N3O3. The quantitative estimate of drug-likeness (QED) is 0.562. The lowest BCUT2D eigenvalue weighted by Crippen LogP contribution is -2.49. The molecule has 0 bridgehead atoms. The second-order valence-electron chi connectivity index (χ2n) is 4.89. The summed E-state index contributed by atoms with van der Waals surface area (Å²) in [6.45, 7) is 7.04. The second kappa shape index (κ2) is 7.81. The first-order chi connectivity index (χ1) is 8.29. The minimum Gasteiger partial charge on any atom is -0.346 e. The highest BCUT2D eigenvalue weighted by Gasteiger charge is 2.19. The minimum absolute atomic E-state index is 0.000202. The molecule has 18 heavy (non-hydrogen) atoms. The molecule has 0 aliphatic heterocycles. The molecule has 103 valence electrons. The normalized spacial score (nSPS) is 14.2. The predicted molar refractivity (Wildman–Crippen MR) is 68.3 cm³/mol. The maximum atomic E-state index is 11.5. The van der Waals surface area contributed by atoms with Gasteiger partial charge in [0.15, 0.2) is 0 Å². The van der Waals surface area contributed by atoms with Gasteiger partial charge < -0.3 is 16.4 Å². The minimum atomic E-state index is -0.659. The first-order valence-electron chi connectivity index (χ1n) is 5.99. The number of hydrogen-bond acceptors (Lipinski definition) is 4. The van der Waals surface area contributed by atoms with E-state index in [4.69, 9.17) is 5.73 Å². The number of carbonyl (C=O) groups is 2. The van der Waals surface area contributed by atoms with Gasteiger partial charge in [-0.05, 0) is 11.8 Å². The standard InChI is InChI=1S/C12H22N3O3/c1-7(2)9(6-16)15-10(17)5-14-12(18)11(13)8(3)4/h7-9,11H,5,13H2,1-4H3,(H,14,18)(H,15,17)/t9-,11+/m1/s1. The van der Waals surface area contributed by atoms with Crippen LogP contribution in [0.25, 0.3) is 0 Å². The molecule has 0 saturated heterocycles. The van der Waals surface area contributed by atoms with E-state index >= 15 is 0 Å². The van der Waals surface area contributed by atoms with Crippen LogP contribution in [0.2, 0.25) is 0 Å². The summed E-state index contributed by atoms with van der Waals surface area (Å²) in [5.74, 6) is -0.849. The van der Waals surface area contributed by atoms with Crippen LogP contribution >= 0.6 is 0 Å². The summed E-state index contributed by atoms with van der Waals surface area (Å²) >= 11 is 0. The van der Waals surface area contributed by atoms with Crippen molar-refractivity contribution in [3.05, 3.63) is 0 Å². The smallest absolute Gasteiger partial charge is 0.240 e. The Morgan fingerprint density at radius 2 is 1.72 bits per heavy atom. The molecule has 0 heterocycles. The van der Waals surface area contributed by atoms with Crippen LogP contribution in [0.1, 0.15) is 27.7 Å². The summed E-state index contributed by atoms with van der Waals surface area (Å²) in [6, 6.07) is -1.30. The monoisotopic (exact) mass is 256 g/mol. The molecular weight excluding hydrogens is 234 g/mol. The highest BCUT2D eigenvalue weighted by atomic mass is 16.2. The second-order valence-corrected chi connectivity index (χ2v) is 4.89. The Bertz CT molecular complexity index is 303. The Labute approximate surface area is 108 Å². The molecule has 6 heteroatoms. The van der Waals surface area contributed by atoms with Crippen LogP contribution in [-0.4, -0.2) is 36.7 Å². The largest absolute Gasteiger partial charge is 0.346 e. The van der Waals surface area contributed by atoms with E-state index in [0.29, 0.717) is 0 Å². The number of amides is 2. The Hall–Kier alpha value is -1.43. The molecule has 0 unspecified atom stereocenters. The van der Waals surface area contributed by atoms with Crippen molar-refractivity contribution in [1.29, 1.82) is 0 Å². The molecule has 0 aromatic carbocycles. The number of rotatable bonds is 7. The van der Waals surface area contributed by atoms with Crippen molar-refractivity contribution in [2.45, 2.75) is 39.8 Å². The molecule has 4 N–H and O–H groups in total. The van der Waals surface area contributed by atoms with E-state index in [-0.39, 0.29) is 24.3 Å². The third-order valence-corrected chi connectivity index (χ3v) is 2.55. The Kier molecular flexibility index (Phi) is 7.19. The maximum absolute atomic E-state index is 11.5.